The van der Waals surface area contributed by atoms with Crippen LogP contribution in [0.3, 0.4) is 0 Å². The van der Waals surface area contributed by atoms with Crippen molar-refractivity contribution in [1.82, 2.24) is 9.78 Å². The third kappa shape index (κ3) is 4.08. The molecular weight excluding hydrogens is 321 g/mol. The van der Waals surface area contributed by atoms with Gasteiger partial charge in [0, 0.05) is 18.8 Å². The normalized spacial score (nSPS) is 11.0. The van der Waals surface area contributed by atoms with Crippen LogP contribution >= 0.6 is 11.6 Å². The van der Waals surface area contributed by atoms with Gasteiger partial charge in [-0.2, -0.15) is 10.4 Å². The van der Waals surface area contributed by atoms with Crippen LogP contribution in [0.25, 0.3) is 11.3 Å². The molecule has 0 aliphatic heterocycles. The molecule has 0 unspecified atom stereocenters. The van der Waals surface area contributed by atoms with E-state index < -0.39 is 12.1 Å². The average Bonchev–Trinajstić information content (AvgIpc) is 2.94. The number of ether oxygens (including phenoxy) is 2. The Bertz CT molecular complexity index is 706. The Kier molecular flexibility index (Phi) is 6.11. The van der Waals surface area contributed by atoms with Crippen LogP contribution in [-0.4, -0.2) is 23.0 Å². The summed E-state index contributed by atoms with van der Waals surface area (Å²) in [6.07, 6.45) is -0.615. The minimum Gasteiger partial charge on any atom is -0.347 e. The van der Waals surface area contributed by atoms with Gasteiger partial charge in [0.2, 0.25) is 6.29 Å². The number of aromatic nitrogens is 2. The summed E-state index contributed by atoms with van der Waals surface area (Å²) in [5, 5.41) is 13.4. The molecule has 0 aliphatic rings. The van der Waals surface area contributed by atoms with Crippen LogP contribution < -0.4 is 0 Å². The Morgan fingerprint density at radius 1 is 1.30 bits per heavy atom. The fraction of sp³-hybridized carbons (Fsp3) is 0.375. The van der Waals surface area contributed by atoms with Gasteiger partial charge in [0.1, 0.15) is 12.4 Å². The summed E-state index contributed by atoms with van der Waals surface area (Å²) < 4.78 is 26.0. The first kappa shape index (κ1) is 17.4. The summed E-state index contributed by atoms with van der Waals surface area (Å²) in [6, 6.07) is 8.17. The minimum absolute atomic E-state index is 0.0186. The summed E-state index contributed by atoms with van der Waals surface area (Å²) in [5.41, 5.74) is 1.85. The van der Waals surface area contributed by atoms with Crippen molar-refractivity contribution in [2.24, 2.45) is 0 Å². The topological polar surface area (TPSA) is 60.1 Å². The van der Waals surface area contributed by atoms with E-state index in [0.717, 1.165) is 0 Å². The first-order valence-corrected chi connectivity index (χ1v) is 7.61. The summed E-state index contributed by atoms with van der Waals surface area (Å²) in [7, 11) is 0. The van der Waals surface area contributed by atoms with E-state index >= 15 is 0 Å². The quantitative estimate of drug-likeness (QED) is 0.718. The molecule has 0 bridgehead atoms. The van der Waals surface area contributed by atoms with Crippen LogP contribution in [-0.2, 0) is 16.0 Å². The molecule has 0 saturated heterocycles. The van der Waals surface area contributed by atoms with Crippen LogP contribution in [0.15, 0.2) is 24.3 Å². The van der Waals surface area contributed by atoms with Crippen molar-refractivity contribution in [1.29, 1.82) is 5.26 Å². The zero-order chi connectivity index (χ0) is 16.8. The number of nitrogens with zero attached hydrogens (tertiary/aromatic N) is 3. The summed E-state index contributed by atoms with van der Waals surface area (Å²) in [6.45, 7) is 4.69. The molecule has 1 aromatic heterocycles. The van der Waals surface area contributed by atoms with Crippen LogP contribution in [0.1, 0.15) is 25.8 Å². The second-order valence-corrected chi connectivity index (χ2v) is 5.05. The average molecular weight is 338 g/mol. The number of halogens is 2. The SMILES string of the molecule is CCOC(OCC)c1cc(-c2ccc(F)c(Cl)c2)nn1CC#N. The van der Waals surface area contributed by atoms with E-state index in [0.29, 0.717) is 30.2 Å². The monoisotopic (exact) mass is 337 g/mol. The predicted molar refractivity (Wildman–Crippen MR) is 84.2 cm³/mol. The summed E-state index contributed by atoms with van der Waals surface area (Å²) in [4.78, 5) is 0. The Labute approximate surface area is 139 Å². The molecule has 0 aliphatic carbocycles. The lowest BCUT2D eigenvalue weighted by Gasteiger charge is -2.17. The molecule has 23 heavy (non-hydrogen) atoms. The van der Waals surface area contributed by atoms with Crippen LogP contribution in [0, 0.1) is 17.1 Å². The van der Waals surface area contributed by atoms with Crippen molar-refractivity contribution in [3.8, 4) is 17.3 Å². The molecule has 1 aromatic carbocycles. The maximum absolute atomic E-state index is 13.3. The van der Waals surface area contributed by atoms with Gasteiger partial charge in [-0.1, -0.05) is 11.6 Å². The lowest BCUT2D eigenvalue weighted by molar-refractivity contribution is -0.144. The smallest absolute Gasteiger partial charge is 0.200 e. The van der Waals surface area contributed by atoms with Gasteiger partial charge in [0.25, 0.3) is 0 Å². The Morgan fingerprint density at radius 3 is 2.57 bits per heavy atom. The highest BCUT2D eigenvalue weighted by atomic mass is 35.5. The molecular formula is C16H17ClFN3O2. The van der Waals surface area contributed by atoms with E-state index in [1.165, 1.54) is 16.8 Å². The van der Waals surface area contributed by atoms with Crippen molar-refractivity contribution in [3.63, 3.8) is 0 Å². The molecule has 1 heterocycles. The molecule has 0 amide bonds. The highest BCUT2D eigenvalue weighted by Gasteiger charge is 2.20. The Morgan fingerprint density at radius 2 is 2.00 bits per heavy atom. The number of rotatable bonds is 7. The third-order valence-corrected chi connectivity index (χ3v) is 3.41. The zero-order valence-corrected chi connectivity index (χ0v) is 13.7. The van der Waals surface area contributed by atoms with Gasteiger partial charge < -0.3 is 9.47 Å². The van der Waals surface area contributed by atoms with Gasteiger partial charge in [-0.15, -0.1) is 0 Å². The summed E-state index contributed by atoms with van der Waals surface area (Å²) in [5.74, 6) is -0.492. The van der Waals surface area contributed by atoms with E-state index in [-0.39, 0.29) is 11.6 Å². The van der Waals surface area contributed by atoms with Crippen molar-refractivity contribution in [2.45, 2.75) is 26.7 Å². The first-order chi connectivity index (χ1) is 11.1. The molecule has 2 aromatic rings. The van der Waals surface area contributed by atoms with Crippen LogP contribution in [0.5, 0.6) is 0 Å². The van der Waals surface area contributed by atoms with E-state index in [1.54, 1.807) is 12.1 Å². The standard InChI is InChI=1S/C16H17ClFN3O2/c1-3-22-16(23-4-2)15-10-14(20-21(15)8-7-19)11-5-6-13(18)12(17)9-11/h5-6,9-10,16H,3-4,8H2,1-2H3. The lowest BCUT2D eigenvalue weighted by Crippen LogP contribution is -2.14. The van der Waals surface area contributed by atoms with Gasteiger partial charge in [-0.3, -0.25) is 0 Å². The predicted octanol–water partition coefficient (Wildman–Crippen LogP) is 3.94. The molecule has 122 valence electrons. The largest absolute Gasteiger partial charge is 0.347 e. The number of hydrogen-bond donors (Lipinski definition) is 0. The Balaban J connectivity index is 2.44. The van der Waals surface area contributed by atoms with Crippen LogP contribution in [0.2, 0.25) is 5.02 Å². The van der Waals surface area contributed by atoms with Gasteiger partial charge in [0.15, 0.2) is 0 Å². The van der Waals surface area contributed by atoms with Gasteiger partial charge >= 0.3 is 0 Å². The highest BCUT2D eigenvalue weighted by molar-refractivity contribution is 6.31. The van der Waals surface area contributed by atoms with Crippen molar-refractivity contribution in [2.75, 3.05) is 13.2 Å². The summed E-state index contributed by atoms with van der Waals surface area (Å²) >= 11 is 5.82. The molecule has 2 rings (SSSR count). The second-order valence-electron chi connectivity index (χ2n) is 4.64. The first-order valence-electron chi connectivity index (χ1n) is 7.24. The van der Waals surface area contributed by atoms with Gasteiger partial charge in [-0.05, 0) is 38.1 Å². The third-order valence-electron chi connectivity index (χ3n) is 3.12. The minimum atomic E-state index is -0.615. The maximum Gasteiger partial charge on any atom is 0.200 e. The number of hydrogen-bond acceptors (Lipinski definition) is 4. The van der Waals surface area contributed by atoms with Gasteiger partial charge in [-0.25, -0.2) is 9.07 Å². The van der Waals surface area contributed by atoms with E-state index in [9.17, 15) is 4.39 Å². The van der Waals surface area contributed by atoms with Gasteiger partial charge in [0.05, 0.1) is 22.5 Å². The van der Waals surface area contributed by atoms with Crippen molar-refractivity contribution < 1.29 is 13.9 Å². The fourth-order valence-corrected chi connectivity index (χ4v) is 2.31. The number of nitriles is 1. The molecule has 0 radical (unpaired) electrons. The molecule has 0 spiro atoms. The highest BCUT2D eigenvalue weighted by Crippen LogP contribution is 2.28. The molecule has 0 N–H and O–H groups in total. The van der Waals surface area contributed by atoms with E-state index in [1.807, 2.05) is 13.8 Å². The van der Waals surface area contributed by atoms with E-state index in [2.05, 4.69) is 11.2 Å². The lowest BCUT2D eigenvalue weighted by atomic mass is 10.1. The van der Waals surface area contributed by atoms with Crippen LogP contribution in [0.4, 0.5) is 4.39 Å². The Hall–Kier alpha value is -1.94. The molecule has 7 heteroatoms. The second kappa shape index (κ2) is 8.06. The molecule has 0 saturated carbocycles. The van der Waals surface area contributed by atoms with Crippen molar-refractivity contribution in [3.05, 3.63) is 40.8 Å². The zero-order valence-electron chi connectivity index (χ0n) is 12.9. The molecule has 5 nitrogen and oxygen atoms in total. The van der Waals surface area contributed by atoms with E-state index in [4.69, 9.17) is 26.3 Å². The maximum atomic E-state index is 13.3. The number of benzene rings is 1. The molecule has 0 atom stereocenters. The molecule has 0 fully saturated rings. The fourth-order valence-electron chi connectivity index (χ4n) is 2.13. The van der Waals surface area contributed by atoms with Crippen molar-refractivity contribution >= 4 is 11.6 Å².